The van der Waals surface area contributed by atoms with Crippen LogP contribution >= 0.6 is 11.3 Å². The van der Waals surface area contributed by atoms with Crippen molar-refractivity contribution >= 4 is 27.3 Å². The minimum atomic E-state index is -3.60. The van der Waals surface area contributed by atoms with E-state index in [1.165, 1.54) is 11.3 Å². The van der Waals surface area contributed by atoms with Crippen molar-refractivity contribution in [1.82, 2.24) is 19.2 Å². The molecule has 148 valence electrons. The molecule has 0 aliphatic carbocycles. The number of carbonyl (C=O) groups excluding carboxylic acids is 1. The van der Waals surface area contributed by atoms with E-state index in [0.29, 0.717) is 27.0 Å². The molecule has 7 nitrogen and oxygen atoms in total. The molecule has 2 aromatic rings. The second-order valence-corrected chi connectivity index (χ2v) is 9.93. The van der Waals surface area contributed by atoms with E-state index >= 15 is 0 Å². The van der Waals surface area contributed by atoms with Gasteiger partial charge in [-0.25, -0.2) is 18.1 Å². The first kappa shape index (κ1) is 20.0. The van der Waals surface area contributed by atoms with E-state index in [9.17, 15) is 13.2 Å². The van der Waals surface area contributed by atoms with Crippen molar-refractivity contribution in [2.24, 2.45) is 7.05 Å². The smallest absolute Gasteiger partial charge is 0.265 e. The average Bonchev–Trinajstić information content (AvgIpc) is 3.27. The fraction of sp³-hybridized carbons (Fsp3) is 0.556. The Balaban J connectivity index is 1.99. The number of hydrogen-bond acceptors (Lipinski definition) is 5. The van der Waals surface area contributed by atoms with Crippen LogP contribution in [0.4, 0.5) is 0 Å². The van der Waals surface area contributed by atoms with Gasteiger partial charge in [-0.2, -0.15) is 0 Å². The lowest BCUT2D eigenvalue weighted by molar-refractivity contribution is 0.0796. The molecule has 1 aliphatic heterocycles. The molecular formula is C18H26N4O3S2. The monoisotopic (exact) mass is 410 g/mol. The second-order valence-electron chi connectivity index (χ2n) is 7.25. The summed E-state index contributed by atoms with van der Waals surface area (Å²) in [5.41, 5.74) is 2.03. The predicted molar refractivity (Wildman–Crippen MR) is 107 cm³/mol. The summed E-state index contributed by atoms with van der Waals surface area (Å²) in [6.07, 6.45) is 2.08. The zero-order chi connectivity index (χ0) is 19.9. The predicted octanol–water partition coefficient (Wildman–Crippen LogP) is 2.69. The van der Waals surface area contributed by atoms with Crippen LogP contribution in [0.3, 0.4) is 0 Å². The number of nitrogens with one attached hydrogen (secondary N) is 1. The van der Waals surface area contributed by atoms with Gasteiger partial charge in [-0.15, -0.1) is 11.3 Å². The zero-order valence-corrected chi connectivity index (χ0v) is 18.0. The van der Waals surface area contributed by atoms with Gasteiger partial charge in [0.25, 0.3) is 5.91 Å². The largest absolute Gasteiger partial charge is 0.345 e. The summed E-state index contributed by atoms with van der Waals surface area (Å²) in [4.78, 5) is 20.0. The topological polar surface area (TPSA) is 84.3 Å². The van der Waals surface area contributed by atoms with Gasteiger partial charge in [0.15, 0.2) is 0 Å². The number of amides is 1. The second kappa shape index (κ2) is 7.37. The third-order valence-electron chi connectivity index (χ3n) is 4.77. The first-order valence-corrected chi connectivity index (χ1v) is 11.4. The number of carbonyl (C=O) groups is 1. The van der Waals surface area contributed by atoms with E-state index in [4.69, 9.17) is 0 Å². The number of aryl methyl sites for hydroxylation is 1. The van der Waals surface area contributed by atoms with Gasteiger partial charge < -0.3 is 9.47 Å². The van der Waals surface area contributed by atoms with Crippen LogP contribution in [0.1, 0.15) is 47.7 Å². The van der Waals surface area contributed by atoms with E-state index < -0.39 is 10.0 Å². The van der Waals surface area contributed by atoms with E-state index in [0.717, 1.165) is 25.9 Å². The number of hydrogen-bond donors (Lipinski definition) is 1. The molecule has 0 saturated carbocycles. The van der Waals surface area contributed by atoms with Gasteiger partial charge >= 0.3 is 0 Å². The fourth-order valence-electron chi connectivity index (χ4n) is 3.29. The Hall–Kier alpha value is -1.71. The van der Waals surface area contributed by atoms with Crippen LogP contribution in [-0.2, 0) is 17.1 Å². The van der Waals surface area contributed by atoms with Crippen LogP contribution in [-0.4, -0.2) is 47.9 Å². The molecule has 1 N–H and O–H groups in total. The Morgan fingerprint density at radius 1 is 1.26 bits per heavy atom. The van der Waals surface area contributed by atoms with E-state index in [1.54, 1.807) is 26.8 Å². The number of rotatable bonds is 5. The molecule has 3 heterocycles. The highest BCUT2D eigenvalue weighted by Gasteiger charge is 2.27. The van der Waals surface area contributed by atoms with Crippen molar-refractivity contribution in [3.05, 3.63) is 22.3 Å². The number of likely N-dealkylation sites (tertiary alicyclic amines) is 1. The third kappa shape index (κ3) is 3.81. The molecule has 1 saturated heterocycles. The van der Waals surface area contributed by atoms with E-state index in [1.807, 2.05) is 23.4 Å². The molecule has 3 rings (SSSR count). The first-order valence-electron chi connectivity index (χ1n) is 9.07. The Morgan fingerprint density at radius 2 is 1.89 bits per heavy atom. The van der Waals surface area contributed by atoms with Gasteiger partial charge in [-0.1, -0.05) is 0 Å². The van der Waals surface area contributed by atoms with Crippen LogP contribution in [0.5, 0.6) is 0 Å². The van der Waals surface area contributed by atoms with E-state index in [-0.39, 0.29) is 16.8 Å². The number of thiazole rings is 1. The molecule has 0 atom stereocenters. The molecule has 2 aromatic heterocycles. The molecule has 27 heavy (non-hydrogen) atoms. The summed E-state index contributed by atoms with van der Waals surface area (Å²) in [7, 11) is -1.78. The van der Waals surface area contributed by atoms with Crippen molar-refractivity contribution in [1.29, 1.82) is 0 Å². The molecule has 1 amide bonds. The van der Waals surface area contributed by atoms with Gasteiger partial charge in [0.05, 0.1) is 11.4 Å². The van der Waals surface area contributed by atoms with E-state index in [2.05, 4.69) is 9.71 Å². The summed E-state index contributed by atoms with van der Waals surface area (Å²) in [6, 6.07) is 1.45. The zero-order valence-electron chi connectivity index (χ0n) is 16.4. The Labute approximate surface area is 164 Å². The molecule has 0 bridgehead atoms. The summed E-state index contributed by atoms with van der Waals surface area (Å²) in [5, 5.41) is 0.659. The maximum absolute atomic E-state index is 12.7. The lowest BCUT2D eigenvalue weighted by Crippen LogP contribution is -2.30. The van der Waals surface area contributed by atoms with Gasteiger partial charge in [-0.3, -0.25) is 4.79 Å². The van der Waals surface area contributed by atoms with Crippen LogP contribution in [0.25, 0.3) is 10.7 Å². The molecule has 1 aliphatic rings. The molecule has 0 aromatic carbocycles. The highest BCUT2D eigenvalue weighted by molar-refractivity contribution is 7.89. The maximum Gasteiger partial charge on any atom is 0.265 e. The van der Waals surface area contributed by atoms with Crippen LogP contribution in [0.15, 0.2) is 11.0 Å². The number of sulfonamides is 1. The van der Waals surface area contributed by atoms with Crippen molar-refractivity contribution < 1.29 is 13.2 Å². The minimum absolute atomic E-state index is 0.0222. The van der Waals surface area contributed by atoms with Gasteiger partial charge in [-0.05, 0) is 46.6 Å². The quantitative estimate of drug-likeness (QED) is 0.821. The molecule has 0 radical (unpaired) electrons. The highest BCUT2D eigenvalue weighted by atomic mass is 32.2. The first-order chi connectivity index (χ1) is 12.6. The standard InChI is InChI=1S/C18H26N4O3S2/c1-11(2)20-27(24,25)15-10-14(21(5)13(15)4)17-19-12(3)16(26-17)18(23)22-8-6-7-9-22/h10-11,20H,6-9H2,1-5H3. The van der Waals surface area contributed by atoms with Crippen molar-refractivity contribution in [2.75, 3.05) is 13.1 Å². The SMILES string of the molecule is Cc1nc(-c2cc(S(=O)(=O)NC(C)C)c(C)n2C)sc1C(=O)N1CCCC1. The van der Waals surface area contributed by atoms with Crippen molar-refractivity contribution in [2.45, 2.75) is 51.5 Å². The normalized spacial score (nSPS) is 15.1. The van der Waals surface area contributed by atoms with Crippen LogP contribution in [0.2, 0.25) is 0 Å². The van der Waals surface area contributed by atoms with Crippen molar-refractivity contribution in [3.8, 4) is 10.7 Å². The molecule has 0 unspecified atom stereocenters. The Morgan fingerprint density at radius 3 is 2.48 bits per heavy atom. The highest BCUT2D eigenvalue weighted by Crippen LogP contribution is 2.33. The molecule has 0 spiro atoms. The average molecular weight is 411 g/mol. The summed E-state index contributed by atoms with van der Waals surface area (Å²) in [6.45, 7) is 8.76. The molecule has 1 fully saturated rings. The Bertz CT molecular complexity index is 967. The summed E-state index contributed by atoms with van der Waals surface area (Å²) < 4.78 is 29.7. The lowest BCUT2D eigenvalue weighted by Gasteiger charge is -2.13. The number of aromatic nitrogens is 2. The fourth-order valence-corrected chi connectivity index (χ4v) is 5.92. The van der Waals surface area contributed by atoms with Gasteiger partial charge in [0.1, 0.15) is 14.8 Å². The molecular weight excluding hydrogens is 384 g/mol. The summed E-state index contributed by atoms with van der Waals surface area (Å²) >= 11 is 1.33. The van der Waals surface area contributed by atoms with Crippen molar-refractivity contribution in [3.63, 3.8) is 0 Å². The van der Waals surface area contributed by atoms with Gasteiger partial charge in [0, 0.05) is 31.9 Å². The minimum Gasteiger partial charge on any atom is -0.345 e. The Kier molecular flexibility index (Phi) is 5.47. The third-order valence-corrected chi connectivity index (χ3v) is 7.71. The number of nitrogens with zero attached hydrogens (tertiary/aromatic N) is 3. The molecule has 9 heteroatoms. The lowest BCUT2D eigenvalue weighted by atomic mass is 10.3. The maximum atomic E-state index is 12.7. The van der Waals surface area contributed by atoms with Gasteiger partial charge in [0.2, 0.25) is 10.0 Å². The van der Waals surface area contributed by atoms with Crippen LogP contribution < -0.4 is 4.72 Å². The summed E-state index contributed by atoms with van der Waals surface area (Å²) in [5.74, 6) is 0.0222. The van der Waals surface area contributed by atoms with Crippen LogP contribution in [0, 0.1) is 13.8 Å².